The topological polar surface area (TPSA) is 58.6 Å². The molecule has 1 fully saturated rings. The molecule has 28 heavy (non-hydrogen) atoms. The standard InChI is InChI=1S/C23H28N2O3/c1-17(2)28-16-20-8-3-6-18(12-20)14-24-23(27)21-9-4-7-19(13-21)15-25-11-5-10-22(25)26/h3-4,6-9,12-13,17H,5,10-11,14-16H2,1-2H3,(H,24,27). The summed E-state index contributed by atoms with van der Waals surface area (Å²) >= 11 is 0. The van der Waals surface area contributed by atoms with Gasteiger partial charge in [-0.15, -0.1) is 0 Å². The maximum Gasteiger partial charge on any atom is 0.251 e. The molecule has 3 rings (SSSR count). The Bertz CT molecular complexity index is 832. The predicted molar refractivity (Wildman–Crippen MR) is 109 cm³/mol. The zero-order valence-electron chi connectivity index (χ0n) is 16.6. The van der Waals surface area contributed by atoms with E-state index in [1.807, 2.05) is 55.1 Å². The van der Waals surface area contributed by atoms with Crippen LogP contribution >= 0.6 is 0 Å². The van der Waals surface area contributed by atoms with Crippen LogP contribution in [0, 0.1) is 0 Å². The minimum absolute atomic E-state index is 0.113. The highest BCUT2D eigenvalue weighted by Gasteiger charge is 2.20. The van der Waals surface area contributed by atoms with Crippen LogP contribution in [-0.2, 0) is 29.2 Å². The second-order valence-corrected chi connectivity index (χ2v) is 7.48. The van der Waals surface area contributed by atoms with Crippen LogP contribution in [0.5, 0.6) is 0 Å². The van der Waals surface area contributed by atoms with Crippen molar-refractivity contribution in [2.75, 3.05) is 6.54 Å². The van der Waals surface area contributed by atoms with Gasteiger partial charge in [0.05, 0.1) is 12.7 Å². The average Bonchev–Trinajstić information content (AvgIpc) is 3.09. The molecule has 0 saturated carbocycles. The van der Waals surface area contributed by atoms with E-state index in [4.69, 9.17) is 4.74 Å². The number of hydrogen-bond acceptors (Lipinski definition) is 3. The summed E-state index contributed by atoms with van der Waals surface area (Å²) in [5.41, 5.74) is 3.73. The molecule has 0 bridgehead atoms. The normalized spacial score (nSPS) is 14.0. The third kappa shape index (κ3) is 5.67. The highest BCUT2D eigenvalue weighted by Crippen LogP contribution is 2.15. The first kappa shape index (κ1) is 20.1. The third-order valence-corrected chi connectivity index (χ3v) is 4.76. The molecule has 148 valence electrons. The monoisotopic (exact) mass is 380 g/mol. The largest absolute Gasteiger partial charge is 0.374 e. The van der Waals surface area contributed by atoms with Crippen molar-refractivity contribution in [2.45, 2.75) is 52.5 Å². The van der Waals surface area contributed by atoms with Crippen molar-refractivity contribution in [1.82, 2.24) is 10.2 Å². The molecule has 5 heteroatoms. The molecule has 5 nitrogen and oxygen atoms in total. The minimum Gasteiger partial charge on any atom is -0.374 e. The molecule has 1 aliphatic rings. The molecule has 1 heterocycles. The van der Waals surface area contributed by atoms with Gasteiger partial charge in [-0.2, -0.15) is 0 Å². The fraction of sp³-hybridized carbons (Fsp3) is 0.391. The smallest absolute Gasteiger partial charge is 0.251 e. The third-order valence-electron chi connectivity index (χ3n) is 4.76. The molecule has 2 aromatic rings. The highest BCUT2D eigenvalue weighted by atomic mass is 16.5. The van der Waals surface area contributed by atoms with Gasteiger partial charge in [-0.3, -0.25) is 9.59 Å². The number of nitrogens with one attached hydrogen (secondary N) is 1. The van der Waals surface area contributed by atoms with E-state index >= 15 is 0 Å². The number of carbonyl (C=O) groups is 2. The predicted octanol–water partition coefficient (Wildman–Crippen LogP) is 3.66. The molecular formula is C23H28N2O3. The number of carbonyl (C=O) groups excluding carboxylic acids is 2. The van der Waals surface area contributed by atoms with Crippen LogP contribution in [-0.4, -0.2) is 29.4 Å². The number of rotatable bonds is 8. The molecule has 0 aromatic heterocycles. The lowest BCUT2D eigenvalue weighted by molar-refractivity contribution is -0.128. The van der Waals surface area contributed by atoms with E-state index in [1.54, 1.807) is 6.07 Å². The summed E-state index contributed by atoms with van der Waals surface area (Å²) in [6.45, 7) is 6.42. The van der Waals surface area contributed by atoms with E-state index in [0.29, 0.717) is 31.7 Å². The molecule has 0 aliphatic carbocycles. The lowest BCUT2D eigenvalue weighted by Gasteiger charge is -2.16. The van der Waals surface area contributed by atoms with Gasteiger partial charge in [-0.05, 0) is 49.1 Å². The van der Waals surface area contributed by atoms with Gasteiger partial charge in [0.15, 0.2) is 0 Å². The Morgan fingerprint density at radius 3 is 2.61 bits per heavy atom. The molecule has 0 spiro atoms. The van der Waals surface area contributed by atoms with Gasteiger partial charge >= 0.3 is 0 Å². The van der Waals surface area contributed by atoms with Crippen LogP contribution in [0.3, 0.4) is 0 Å². The van der Waals surface area contributed by atoms with Crippen LogP contribution in [0.4, 0.5) is 0 Å². The second kappa shape index (κ2) is 9.51. The summed E-state index contributed by atoms with van der Waals surface area (Å²) in [4.78, 5) is 26.2. The maximum atomic E-state index is 12.6. The minimum atomic E-state index is -0.113. The summed E-state index contributed by atoms with van der Waals surface area (Å²) < 4.78 is 5.64. The first-order valence-corrected chi connectivity index (χ1v) is 9.85. The van der Waals surface area contributed by atoms with Crippen molar-refractivity contribution in [3.05, 3.63) is 70.8 Å². The number of nitrogens with zero attached hydrogens (tertiary/aromatic N) is 1. The lowest BCUT2D eigenvalue weighted by Crippen LogP contribution is -2.25. The fourth-order valence-electron chi connectivity index (χ4n) is 3.28. The van der Waals surface area contributed by atoms with Gasteiger partial charge in [0.25, 0.3) is 5.91 Å². The van der Waals surface area contributed by atoms with Crippen molar-refractivity contribution >= 4 is 11.8 Å². The summed E-state index contributed by atoms with van der Waals surface area (Å²) in [6.07, 6.45) is 1.73. The molecule has 0 atom stereocenters. The molecule has 2 amide bonds. The first-order valence-electron chi connectivity index (χ1n) is 9.85. The van der Waals surface area contributed by atoms with Crippen LogP contribution in [0.2, 0.25) is 0 Å². The molecule has 1 saturated heterocycles. The fourth-order valence-corrected chi connectivity index (χ4v) is 3.28. The number of ether oxygens (including phenoxy) is 1. The van der Waals surface area contributed by atoms with Crippen LogP contribution in [0.25, 0.3) is 0 Å². The van der Waals surface area contributed by atoms with Gasteiger partial charge in [-0.25, -0.2) is 0 Å². The SMILES string of the molecule is CC(C)OCc1cccc(CNC(=O)c2cccc(CN3CCCC3=O)c2)c1. The van der Waals surface area contributed by atoms with Crippen molar-refractivity contribution in [3.8, 4) is 0 Å². The number of likely N-dealkylation sites (tertiary alicyclic amines) is 1. The Labute approximate surface area is 166 Å². The van der Waals surface area contributed by atoms with Crippen molar-refractivity contribution in [2.24, 2.45) is 0 Å². The number of amides is 2. The Morgan fingerprint density at radius 1 is 1.11 bits per heavy atom. The zero-order chi connectivity index (χ0) is 19.9. The lowest BCUT2D eigenvalue weighted by atomic mass is 10.1. The summed E-state index contributed by atoms with van der Waals surface area (Å²) in [5.74, 6) is 0.0783. The summed E-state index contributed by atoms with van der Waals surface area (Å²) in [5, 5.41) is 2.98. The van der Waals surface area contributed by atoms with Crippen molar-refractivity contribution in [3.63, 3.8) is 0 Å². The maximum absolute atomic E-state index is 12.6. The highest BCUT2D eigenvalue weighted by molar-refractivity contribution is 5.94. The van der Waals surface area contributed by atoms with Gasteiger partial charge < -0.3 is 15.0 Å². The number of benzene rings is 2. The molecule has 1 aliphatic heterocycles. The molecule has 0 unspecified atom stereocenters. The Morgan fingerprint density at radius 2 is 1.86 bits per heavy atom. The van der Waals surface area contributed by atoms with E-state index < -0.39 is 0 Å². The summed E-state index contributed by atoms with van der Waals surface area (Å²) in [6, 6.07) is 15.6. The molecular weight excluding hydrogens is 352 g/mol. The van der Waals surface area contributed by atoms with Crippen molar-refractivity contribution in [1.29, 1.82) is 0 Å². The molecule has 0 radical (unpaired) electrons. The molecule has 2 aromatic carbocycles. The Balaban J connectivity index is 1.57. The summed E-state index contributed by atoms with van der Waals surface area (Å²) in [7, 11) is 0. The van der Waals surface area contributed by atoms with Crippen LogP contribution in [0.1, 0.15) is 53.7 Å². The van der Waals surface area contributed by atoms with Gasteiger partial charge in [-0.1, -0.05) is 36.4 Å². The van der Waals surface area contributed by atoms with Crippen LogP contribution in [0.15, 0.2) is 48.5 Å². The van der Waals surface area contributed by atoms with E-state index in [9.17, 15) is 9.59 Å². The van der Waals surface area contributed by atoms with E-state index in [1.165, 1.54) is 0 Å². The number of hydrogen-bond donors (Lipinski definition) is 1. The average molecular weight is 380 g/mol. The Hall–Kier alpha value is -2.66. The Kier molecular flexibility index (Phi) is 6.82. The van der Waals surface area contributed by atoms with Gasteiger partial charge in [0.1, 0.15) is 0 Å². The van der Waals surface area contributed by atoms with Crippen molar-refractivity contribution < 1.29 is 14.3 Å². The second-order valence-electron chi connectivity index (χ2n) is 7.48. The quantitative estimate of drug-likeness (QED) is 0.760. The van der Waals surface area contributed by atoms with Gasteiger partial charge in [0.2, 0.25) is 5.91 Å². The van der Waals surface area contributed by atoms with E-state index in [0.717, 1.165) is 29.7 Å². The van der Waals surface area contributed by atoms with E-state index in [2.05, 4.69) is 11.4 Å². The molecule has 1 N–H and O–H groups in total. The van der Waals surface area contributed by atoms with Gasteiger partial charge in [0, 0.05) is 31.6 Å². The van der Waals surface area contributed by atoms with E-state index in [-0.39, 0.29) is 17.9 Å². The first-order chi connectivity index (χ1) is 13.5. The van der Waals surface area contributed by atoms with Crippen LogP contribution < -0.4 is 5.32 Å². The zero-order valence-corrected chi connectivity index (χ0v) is 16.6.